The van der Waals surface area contributed by atoms with Crippen LogP contribution >= 0.6 is 0 Å². The minimum atomic E-state index is 0.279. The lowest BCUT2D eigenvalue weighted by molar-refractivity contribution is 0.741. The van der Waals surface area contributed by atoms with E-state index in [2.05, 4.69) is 46.5 Å². The zero-order valence-corrected chi connectivity index (χ0v) is 10.9. The number of nitrogens with zero attached hydrogens (tertiary/aromatic N) is 1. The van der Waals surface area contributed by atoms with Crippen molar-refractivity contribution in [2.45, 2.75) is 19.4 Å². The van der Waals surface area contributed by atoms with Crippen LogP contribution in [0, 0.1) is 0 Å². The number of H-pyrrole nitrogens is 1. The largest absolute Gasteiger partial charge is 0.349 e. The summed E-state index contributed by atoms with van der Waals surface area (Å²) >= 11 is 0. The van der Waals surface area contributed by atoms with Gasteiger partial charge in [0.1, 0.15) is 0 Å². The van der Waals surface area contributed by atoms with Gasteiger partial charge in [-0.25, -0.2) is 4.98 Å². The van der Waals surface area contributed by atoms with Crippen LogP contribution in [-0.2, 0) is 0 Å². The molecule has 96 valence electrons. The number of hydrogen-bond donors (Lipinski definition) is 2. The number of para-hydroxylation sites is 2. The lowest BCUT2D eigenvalue weighted by Gasteiger charge is -2.16. The van der Waals surface area contributed by atoms with Gasteiger partial charge in [0.2, 0.25) is 5.95 Å². The summed E-state index contributed by atoms with van der Waals surface area (Å²) in [7, 11) is 0. The number of aromatic nitrogens is 2. The standard InChI is InChI=1S/C16H17N3/c1-2-13(12-8-4-3-5-9-12)17-16-18-14-10-6-7-11-15(14)19-16/h3-11,13H,2H2,1H3,(H2,17,18,19). The molecule has 19 heavy (non-hydrogen) atoms. The Bertz CT molecular complexity index is 625. The van der Waals surface area contributed by atoms with Gasteiger partial charge in [-0.1, -0.05) is 49.4 Å². The molecular formula is C16H17N3. The van der Waals surface area contributed by atoms with E-state index in [9.17, 15) is 0 Å². The van der Waals surface area contributed by atoms with Gasteiger partial charge in [-0.2, -0.15) is 0 Å². The third kappa shape index (κ3) is 2.45. The molecule has 0 saturated carbocycles. The molecule has 0 radical (unpaired) electrons. The maximum absolute atomic E-state index is 4.56. The maximum atomic E-state index is 4.56. The van der Waals surface area contributed by atoms with Crippen LogP contribution in [0.4, 0.5) is 5.95 Å². The lowest BCUT2D eigenvalue weighted by Crippen LogP contribution is -2.10. The van der Waals surface area contributed by atoms with Crippen molar-refractivity contribution in [2.24, 2.45) is 0 Å². The molecule has 2 N–H and O–H groups in total. The van der Waals surface area contributed by atoms with E-state index in [4.69, 9.17) is 0 Å². The van der Waals surface area contributed by atoms with E-state index >= 15 is 0 Å². The predicted octanol–water partition coefficient (Wildman–Crippen LogP) is 4.13. The minimum Gasteiger partial charge on any atom is -0.349 e. The minimum absolute atomic E-state index is 0.279. The third-order valence-electron chi connectivity index (χ3n) is 3.31. The monoisotopic (exact) mass is 251 g/mol. The first-order valence-electron chi connectivity index (χ1n) is 6.63. The molecule has 0 spiro atoms. The second kappa shape index (κ2) is 5.14. The number of hydrogen-bond acceptors (Lipinski definition) is 2. The van der Waals surface area contributed by atoms with Gasteiger partial charge in [-0.3, -0.25) is 0 Å². The average molecular weight is 251 g/mol. The van der Waals surface area contributed by atoms with Crippen LogP contribution in [-0.4, -0.2) is 9.97 Å². The van der Waals surface area contributed by atoms with Gasteiger partial charge in [0.25, 0.3) is 0 Å². The number of nitrogens with one attached hydrogen (secondary N) is 2. The molecule has 1 aromatic heterocycles. The molecule has 1 unspecified atom stereocenters. The summed E-state index contributed by atoms with van der Waals surface area (Å²) in [6.07, 6.45) is 1.01. The van der Waals surface area contributed by atoms with E-state index in [1.165, 1.54) is 5.56 Å². The topological polar surface area (TPSA) is 40.7 Å². The summed E-state index contributed by atoms with van der Waals surface area (Å²) in [5.41, 5.74) is 3.34. The van der Waals surface area contributed by atoms with Crippen LogP contribution in [0.3, 0.4) is 0 Å². The number of aromatic amines is 1. The van der Waals surface area contributed by atoms with Crippen molar-refractivity contribution in [2.75, 3.05) is 5.32 Å². The quantitative estimate of drug-likeness (QED) is 0.732. The van der Waals surface area contributed by atoms with Crippen LogP contribution < -0.4 is 5.32 Å². The second-order valence-corrected chi connectivity index (χ2v) is 4.62. The molecular weight excluding hydrogens is 234 g/mol. The fourth-order valence-corrected chi connectivity index (χ4v) is 2.29. The van der Waals surface area contributed by atoms with E-state index in [1.54, 1.807) is 0 Å². The van der Waals surface area contributed by atoms with Crippen molar-refractivity contribution < 1.29 is 0 Å². The SMILES string of the molecule is CCC(Nc1nc2ccccc2[nH]1)c1ccccc1. The number of benzene rings is 2. The van der Waals surface area contributed by atoms with Crippen molar-refractivity contribution in [3.63, 3.8) is 0 Å². The molecule has 1 atom stereocenters. The predicted molar refractivity (Wildman–Crippen MR) is 79.2 cm³/mol. The van der Waals surface area contributed by atoms with Gasteiger partial charge in [0.15, 0.2) is 0 Å². The highest BCUT2D eigenvalue weighted by Gasteiger charge is 2.10. The highest BCUT2D eigenvalue weighted by Crippen LogP contribution is 2.22. The molecule has 0 fully saturated rings. The second-order valence-electron chi connectivity index (χ2n) is 4.62. The fourth-order valence-electron chi connectivity index (χ4n) is 2.29. The normalized spacial score (nSPS) is 12.5. The van der Waals surface area contributed by atoms with Crippen molar-refractivity contribution in [3.8, 4) is 0 Å². The number of anilines is 1. The van der Waals surface area contributed by atoms with E-state index in [0.29, 0.717) is 0 Å². The lowest BCUT2D eigenvalue weighted by atomic mass is 10.1. The maximum Gasteiger partial charge on any atom is 0.201 e. The molecule has 0 aliphatic carbocycles. The Balaban J connectivity index is 1.86. The zero-order valence-electron chi connectivity index (χ0n) is 10.9. The molecule has 3 nitrogen and oxygen atoms in total. The number of rotatable bonds is 4. The fraction of sp³-hybridized carbons (Fsp3) is 0.188. The Morgan fingerprint density at radius 1 is 1.05 bits per heavy atom. The van der Waals surface area contributed by atoms with Gasteiger partial charge in [-0.15, -0.1) is 0 Å². The summed E-state index contributed by atoms with van der Waals surface area (Å²) in [5, 5.41) is 3.47. The first-order valence-corrected chi connectivity index (χ1v) is 6.63. The molecule has 0 amide bonds. The Hall–Kier alpha value is -2.29. The smallest absolute Gasteiger partial charge is 0.201 e. The van der Waals surface area contributed by atoms with E-state index in [-0.39, 0.29) is 6.04 Å². The van der Waals surface area contributed by atoms with Gasteiger partial charge >= 0.3 is 0 Å². The molecule has 1 heterocycles. The van der Waals surface area contributed by atoms with Crippen LogP contribution in [0.25, 0.3) is 11.0 Å². The summed E-state index contributed by atoms with van der Waals surface area (Å²) in [4.78, 5) is 7.87. The molecule has 3 heteroatoms. The van der Waals surface area contributed by atoms with Gasteiger partial charge in [0, 0.05) is 0 Å². The molecule has 0 saturated heterocycles. The van der Waals surface area contributed by atoms with E-state index in [0.717, 1.165) is 23.4 Å². The number of fused-ring (bicyclic) bond motifs is 1. The molecule has 2 aromatic carbocycles. The van der Waals surface area contributed by atoms with Crippen molar-refractivity contribution >= 4 is 17.0 Å². The Morgan fingerprint density at radius 3 is 2.53 bits per heavy atom. The Kier molecular flexibility index (Phi) is 3.19. The van der Waals surface area contributed by atoms with Gasteiger partial charge < -0.3 is 10.3 Å². The summed E-state index contributed by atoms with van der Waals surface area (Å²) < 4.78 is 0. The zero-order chi connectivity index (χ0) is 13.1. The van der Waals surface area contributed by atoms with Crippen LogP contribution in [0.5, 0.6) is 0 Å². The molecule has 3 aromatic rings. The first kappa shape index (κ1) is 11.8. The van der Waals surface area contributed by atoms with Crippen LogP contribution in [0.1, 0.15) is 24.9 Å². The molecule has 0 aliphatic heterocycles. The molecule has 0 bridgehead atoms. The van der Waals surface area contributed by atoms with Gasteiger partial charge in [0.05, 0.1) is 17.1 Å². The average Bonchev–Trinajstić information content (AvgIpc) is 2.88. The summed E-state index contributed by atoms with van der Waals surface area (Å²) in [5.74, 6) is 0.830. The van der Waals surface area contributed by atoms with Crippen molar-refractivity contribution in [3.05, 3.63) is 60.2 Å². The summed E-state index contributed by atoms with van der Waals surface area (Å²) in [6.45, 7) is 2.17. The molecule has 0 aliphatic rings. The summed E-state index contributed by atoms with van der Waals surface area (Å²) in [6, 6.07) is 18.8. The first-order chi connectivity index (χ1) is 9.36. The molecule has 3 rings (SSSR count). The van der Waals surface area contributed by atoms with Crippen molar-refractivity contribution in [1.82, 2.24) is 9.97 Å². The van der Waals surface area contributed by atoms with Crippen LogP contribution in [0.2, 0.25) is 0 Å². The third-order valence-corrected chi connectivity index (χ3v) is 3.31. The highest BCUT2D eigenvalue weighted by molar-refractivity contribution is 5.77. The number of imidazole rings is 1. The van der Waals surface area contributed by atoms with Crippen LogP contribution in [0.15, 0.2) is 54.6 Å². The Morgan fingerprint density at radius 2 is 1.79 bits per heavy atom. The Labute approximate surface area is 112 Å². The highest BCUT2D eigenvalue weighted by atomic mass is 15.1. The van der Waals surface area contributed by atoms with Crippen molar-refractivity contribution in [1.29, 1.82) is 0 Å². The van der Waals surface area contributed by atoms with Gasteiger partial charge in [-0.05, 0) is 24.1 Å². The van der Waals surface area contributed by atoms with E-state index in [1.807, 2.05) is 30.3 Å². The van der Waals surface area contributed by atoms with E-state index < -0.39 is 0 Å².